The van der Waals surface area contributed by atoms with Gasteiger partial charge in [-0.25, -0.2) is 4.79 Å². The molecule has 1 atom stereocenters. The molecule has 0 radical (unpaired) electrons. The number of oxime groups is 1. The number of rotatable bonds is 5. The molecule has 2 N–H and O–H groups in total. The van der Waals surface area contributed by atoms with Gasteiger partial charge in [0.1, 0.15) is 0 Å². The molecule has 0 spiro atoms. The van der Waals surface area contributed by atoms with E-state index in [4.69, 9.17) is 10.6 Å². The van der Waals surface area contributed by atoms with Crippen molar-refractivity contribution in [3.8, 4) is 0 Å². The van der Waals surface area contributed by atoms with Crippen LogP contribution in [0.2, 0.25) is 0 Å². The minimum Gasteiger partial charge on any atom is -0.380 e. The first-order valence-electron chi connectivity index (χ1n) is 7.28. The Morgan fingerprint density at radius 2 is 1.77 bits per heavy atom. The second-order valence-electron chi connectivity index (χ2n) is 5.12. The van der Waals surface area contributed by atoms with Crippen LogP contribution >= 0.6 is 0 Å². The van der Waals surface area contributed by atoms with Crippen molar-refractivity contribution in [2.24, 2.45) is 10.9 Å². The van der Waals surface area contributed by atoms with Crippen molar-refractivity contribution >= 4 is 11.8 Å². The number of hydrogen-bond donors (Lipinski definition) is 1. The zero-order valence-electron chi connectivity index (χ0n) is 12.8. The summed E-state index contributed by atoms with van der Waals surface area (Å²) in [4.78, 5) is 17.2. The maximum atomic E-state index is 12.2. The molecule has 0 heterocycles. The van der Waals surface area contributed by atoms with Crippen LogP contribution in [0.25, 0.3) is 0 Å². The lowest BCUT2D eigenvalue weighted by Gasteiger charge is -2.11. The van der Waals surface area contributed by atoms with Crippen LogP contribution in [0.5, 0.6) is 0 Å². The number of nitrogens with zero attached hydrogens (tertiary/aromatic N) is 1. The lowest BCUT2D eigenvalue weighted by atomic mass is 9.97. The van der Waals surface area contributed by atoms with E-state index in [0.29, 0.717) is 6.42 Å². The molecule has 0 fully saturated rings. The van der Waals surface area contributed by atoms with Gasteiger partial charge in [0.05, 0.1) is 5.92 Å². The van der Waals surface area contributed by atoms with Crippen molar-refractivity contribution < 1.29 is 9.63 Å². The summed E-state index contributed by atoms with van der Waals surface area (Å²) in [5.74, 6) is -0.546. The van der Waals surface area contributed by atoms with Crippen molar-refractivity contribution in [3.63, 3.8) is 0 Å². The molecule has 0 bridgehead atoms. The van der Waals surface area contributed by atoms with E-state index in [1.54, 1.807) is 0 Å². The molecule has 22 heavy (non-hydrogen) atoms. The Kier molecular flexibility index (Phi) is 5.31. The molecule has 0 aliphatic rings. The van der Waals surface area contributed by atoms with E-state index in [1.807, 2.05) is 68.4 Å². The molecule has 0 unspecified atom stereocenters. The van der Waals surface area contributed by atoms with Gasteiger partial charge in [-0.2, -0.15) is 0 Å². The quantitative estimate of drug-likeness (QED) is 0.398. The fourth-order valence-electron chi connectivity index (χ4n) is 2.16. The zero-order valence-corrected chi connectivity index (χ0v) is 12.8. The van der Waals surface area contributed by atoms with Crippen molar-refractivity contribution in [1.82, 2.24) is 0 Å². The van der Waals surface area contributed by atoms with Crippen molar-refractivity contribution in [2.75, 3.05) is 0 Å². The molecule has 0 aliphatic carbocycles. The lowest BCUT2D eigenvalue weighted by molar-refractivity contribution is -0.145. The summed E-state index contributed by atoms with van der Waals surface area (Å²) in [5, 5.41) is 3.76. The van der Waals surface area contributed by atoms with Gasteiger partial charge in [0, 0.05) is 5.56 Å². The topological polar surface area (TPSA) is 64.7 Å². The minimum atomic E-state index is -0.399. The lowest BCUT2D eigenvalue weighted by Crippen LogP contribution is -2.18. The summed E-state index contributed by atoms with van der Waals surface area (Å²) in [6.45, 7) is 3.93. The number of aryl methyl sites for hydroxylation is 1. The fraction of sp³-hybridized carbons (Fsp3) is 0.222. The van der Waals surface area contributed by atoms with E-state index >= 15 is 0 Å². The average Bonchev–Trinajstić information content (AvgIpc) is 2.55. The number of amidine groups is 1. The van der Waals surface area contributed by atoms with Gasteiger partial charge in [-0.1, -0.05) is 72.2 Å². The Bertz CT molecular complexity index is 649. The molecule has 0 amide bonds. The monoisotopic (exact) mass is 296 g/mol. The van der Waals surface area contributed by atoms with Gasteiger partial charge in [0.25, 0.3) is 0 Å². The molecule has 4 heteroatoms. The van der Waals surface area contributed by atoms with Gasteiger partial charge in [0.2, 0.25) is 0 Å². The first-order valence-corrected chi connectivity index (χ1v) is 7.28. The summed E-state index contributed by atoms with van der Waals surface area (Å²) >= 11 is 0. The number of carbonyl (C=O) groups is 1. The number of nitrogens with two attached hydrogens (primary N) is 1. The molecule has 2 rings (SSSR count). The Morgan fingerprint density at radius 1 is 1.14 bits per heavy atom. The van der Waals surface area contributed by atoms with Gasteiger partial charge < -0.3 is 10.6 Å². The van der Waals surface area contributed by atoms with E-state index in [9.17, 15) is 4.79 Å². The normalized spacial score (nSPS) is 12.7. The Balaban J connectivity index is 2.07. The second kappa shape index (κ2) is 7.41. The van der Waals surface area contributed by atoms with Gasteiger partial charge >= 0.3 is 5.97 Å². The zero-order chi connectivity index (χ0) is 15.9. The first-order chi connectivity index (χ1) is 10.6. The number of hydrogen-bond acceptors (Lipinski definition) is 3. The molecular formula is C18H20N2O2. The largest absolute Gasteiger partial charge is 0.380 e. The smallest absolute Gasteiger partial charge is 0.342 e. The molecule has 4 nitrogen and oxygen atoms in total. The SMILES string of the molecule is CC[C@@H](C(=O)O/N=C(/N)c1ccc(C)cc1)c1ccccc1. The molecular weight excluding hydrogens is 276 g/mol. The average molecular weight is 296 g/mol. The van der Waals surface area contributed by atoms with Crippen LogP contribution in [-0.4, -0.2) is 11.8 Å². The summed E-state index contributed by atoms with van der Waals surface area (Å²) in [7, 11) is 0. The molecule has 0 saturated heterocycles. The van der Waals surface area contributed by atoms with E-state index in [0.717, 1.165) is 16.7 Å². The van der Waals surface area contributed by atoms with Gasteiger partial charge in [-0.15, -0.1) is 0 Å². The standard InChI is InChI=1S/C18H20N2O2/c1-3-16(14-7-5-4-6-8-14)18(21)22-20-17(19)15-11-9-13(2)10-12-15/h4-12,16H,3H2,1-2H3,(H2,19,20)/t16-/m1/s1. The molecule has 0 aliphatic heterocycles. The predicted molar refractivity (Wildman–Crippen MR) is 87.5 cm³/mol. The van der Waals surface area contributed by atoms with Crippen LogP contribution in [0.4, 0.5) is 0 Å². The summed E-state index contributed by atoms with van der Waals surface area (Å²) < 4.78 is 0. The van der Waals surface area contributed by atoms with Crippen LogP contribution in [0.15, 0.2) is 59.8 Å². The van der Waals surface area contributed by atoms with E-state index in [2.05, 4.69) is 5.16 Å². The van der Waals surface area contributed by atoms with Crippen LogP contribution < -0.4 is 5.73 Å². The highest BCUT2D eigenvalue weighted by Gasteiger charge is 2.20. The number of carbonyl (C=O) groups excluding carboxylic acids is 1. The Hall–Kier alpha value is -2.62. The summed E-state index contributed by atoms with van der Waals surface area (Å²) in [5.41, 5.74) is 8.62. The molecule has 114 valence electrons. The Labute approximate surface area is 130 Å². The maximum absolute atomic E-state index is 12.2. The van der Waals surface area contributed by atoms with Crippen molar-refractivity contribution in [2.45, 2.75) is 26.2 Å². The summed E-state index contributed by atoms with van der Waals surface area (Å²) in [6.07, 6.45) is 0.642. The van der Waals surface area contributed by atoms with Crippen LogP contribution in [0, 0.1) is 6.92 Å². The van der Waals surface area contributed by atoms with Gasteiger partial charge in [-0.3, -0.25) is 0 Å². The van der Waals surface area contributed by atoms with Crippen LogP contribution in [-0.2, 0) is 9.63 Å². The highest BCUT2D eigenvalue weighted by molar-refractivity contribution is 5.97. The number of benzene rings is 2. The van der Waals surface area contributed by atoms with E-state index in [-0.39, 0.29) is 11.8 Å². The highest BCUT2D eigenvalue weighted by Crippen LogP contribution is 2.20. The van der Waals surface area contributed by atoms with E-state index < -0.39 is 5.97 Å². The summed E-state index contributed by atoms with van der Waals surface area (Å²) in [6, 6.07) is 17.1. The highest BCUT2D eigenvalue weighted by atomic mass is 16.7. The molecule has 2 aromatic rings. The predicted octanol–water partition coefficient (Wildman–Crippen LogP) is 3.35. The van der Waals surface area contributed by atoms with E-state index in [1.165, 1.54) is 0 Å². The van der Waals surface area contributed by atoms with Crippen LogP contribution in [0.1, 0.15) is 36.0 Å². The molecule has 0 saturated carbocycles. The van der Waals surface area contributed by atoms with Gasteiger partial charge in [-0.05, 0) is 18.9 Å². The van der Waals surface area contributed by atoms with Crippen LogP contribution in [0.3, 0.4) is 0 Å². The van der Waals surface area contributed by atoms with Crippen molar-refractivity contribution in [3.05, 3.63) is 71.3 Å². The Morgan fingerprint density at radius 3 is 2.36 bits per heavy atom. The molecule has 0 aromatic heterocycles. The maximum Gasteiger partial charge on any atom is 0.342 e. The second-order valence-corrected chi connectivity index (χ2v) is 5.12. The van der Waals surface area contributed by atoms with Crippen molar-refractivity contribution in [1.29, 1.82) is 0 Å². The van der Waals surface area contributed by atoms with Gasteiger partial charge in [0.15, 0.2) is 5.84 Å². The molecule has 2 aromatic carbocycles. The third kappa shape index (κ3) is 3.95. The minimum absolute atomic E-state index is 0.191. The third-order valence-corrected chi connectivity index (χ3v) is 3.48. The fourth-order valence-corrected chi connectivity index (χ4v) is 2.16. The first kappa shape index (κ1) is 15.8. The third-order valence-electron chi connectivity index (χ3n) is 3.48.